The van der Waals surface area contributed by atoms with Gasteiger partial charge in [0.1, 0.15) is 0 Å². The molecule has 2 aliphatic rings. The number of nitrogens with one attached hydrogen (secondary N) is 3. The number of benzene rings is 1. The molecule has 0 aliphatic carbocycles. The molecule has 2 aromatic rings. The SMILES string of the molecule is Cc1ccc(Nc2cccc([C@]3(C)CC(=O)N([C@H]4CCO[C@@H](C)C4)C(=N)N3)c2Cl)cn1. The Morgan fingerprint density at radius 1 is 1.35 bits per heavy atom. The Balaban J connectivity index is 1.57. The van der Waals surface area contributed by atoms with Crippen LogP contribution in [-0.2, 0) is 15.1 Å². The molecular weight excluding hydrogens is 414 g/mol. The predicted molar refractivity (Wildman–Crippen MR) is 122 cm³/mol. The summed E-state index contributed by atoms with van der Waals surface area (Å²) in [7, 11) is 0. The summed E-state index contributed by atoms with van der Waals surface area (Å²) < 4.78 is 5.61. The van der Waals surface area contributed by atoms with E-state index < -0.39 is 5.54 Å². The van der Waals surface area contributed by atoms with Crippen LogP contribution in [0.25, 0.3) is 0 Å². The van der Waals surface area contributed by atoms with E-state index in [0.717, 1.165) is 35.5 Å². The number of aromatic nitrogens is 1. The van der Waals surface area contributed by atoms with E-state index >= 15 is 0 Å². The Morgan fingerprint density at radius 3 is 2.84 bits per heavy atom. The van der Waals surface area contributed by atoms with Crippen molar-refractivity contribution in [2.75, 3.05) is 11.9 Å². The molecule has 0 unspecified atom stereocenters. The zero-order valence-corrected chi connectivity index (χ0v) is 18.8. The first-order valence-corrected chi connectivity index (χ1v) is 10.9. The minimum Gasteiger partial charge on any atom is -0.378 e. The number of hydrogen-bond acceptors (Lipinski definition) is 5. The molecular formula is C23H28ClN5O2. The van der Waals surface area contributed by atoms with Crippen LogP contribution in [0.1, 0.15) is 44.4 Å². The second kappa shape index (κ2) is 8.48. The molecule has 3 atom stereocenters. The maximum absolute atomic E-state index is 13.2. The van der Waals surface area contributed by atoms with Crippen LogP contribution in [0.15, 0.2) is 36.5 Å². The van der Waals surface area contributed by atoms with Gasteiger partial charge in [-0.1, -0.05) is 23.7 Å². The Hall–Kier alpha value is -2.64. The fourth-order valence-corrected chi connectivity index (χ4v) is 4.77. The third kappa shape index (κ3) is 4.38. The van der Waals surface area contributed by atoms with E-state index in [1.807, 2.05) is 51.1 Å². The molecule has 3 heterocycles. The molecule has 2 fully saturated rings. The van der Waals surface area contributed by atoms with E-state index in [0.29, 0.717) is 11.6 Å². The molecule has 7 nitrogen and oxygen atoms in total. The van der Waals surface area contributed by atoms with Crippen LogP contribution < -0.4 is 10.6 Å². The first-order valence-electron chi connectivity index (χ1n) is 10.6. The number of aryl methyl sites for hydroxylation is 1. The summed E-state index contributed by atoms with van der Waals surface area (Å²) >= 11 is 6.78. The quantitative estimate of drug-likeness (QED) is 0.657. The van der Waals surface area contributed by atoms with Crippen molar-refractivity contribution in [2.45, 2.75) is 57.7 Å². The van der Waals surface area contributed by atoms with Gasteiger partial charge in [-0.3, -0.25) is 20.1 Å². The lowest BCUT2D eigenvalue weighted by atomic mass is 9.85. The Morgan fingerprint density at radius 2 is 2.16 bits per heavy atom. The van der Waals surface area contributed by atoms with Gasteiger partial charge in [-0.15, -0.1) is 0 Å². The van der Waals surface area contributed by atoms with Crippen molar-refractivity contribution >= 4 is 34.8 Å². The van der Waals surface area contributed by atoms with Crippen molar-refractivity contribution in [3.63, 3.8) is 0 Å². The number of carbonyl (C=O) groups excluding carboxylic acids is 1. The van der Waals surface area contributed by atoms with Crippen LogP contribution in [0, 0.1) is 12.3 Å². The molecule has 0 bridgehead atoms. The van der Waals surface area contributed by atoms with Gasteiger partial charge in [0.25, 0.3) is 0 Å². The third-order valence-electron chi connectivity index (χ3n) is 6.01. The number of anilines is 2. The first kappa shape index (κ1) is 21.6. The third-order valence-corrected chi connectivity index (χ3v) is 6.42. The summed E-state index contributed by atoms with van der Waals surface area (Å²) in [4.78, 5) is 19.1. The van der Waals surface area contributed by atoms with Crippen LogP contribution in [0.2, 0.25) is 5.02 Å². The van der Waals surface area contributed by atoms with Gasteiger partial charge in [0, 0.05) is 18.3 Å². The molecule has 164 valence electrons. The maximum Gasteiger partial charge on any atom is 0.232 e. The lowest BCUT2D eigenvalue weighted by Crippen LogP contribution is -2.63. The van der Waals surface area contributed by atoms with Crippen LogP contribution in [-0.4, -0.2) is 40.5 Å². The van der Waals surface area contributed by atoms with E-state index in [1.165, 1.54) is 0 Å². The molecule has 31 heavy (non-hydrogen) atoms. The number of pyridine rings is 1. The number of guanidine groups is 1. The molecule has 4 rings (SSSR count). The summed E-state index contributed by atoms with van der Waals surface area (Å²) in [6.45, 7) is 6.46. The fraction of sp³-hybridized carbons (Fsp3) is 0.435. The standard InChI is InChI=1S/C23H28ClN5O2/c1-14-7-8-16(13-26-14)27-19-6-4-5-18(21(19)24)23(3)12-20(30)29(22(25)28-23)17-9-10-31-15(2)11-17/h4-8,13,15,17,27H,9-12H2,1-3H3,(H2,25,28)/t15-,17-,23-/m0/s1. The fourth-order valence-electron chi connectivity index (χ4n) is 4.39. The molecule has 1 amide bonds. The highest BCUT2D eigenvalue weighted by atomic mass is 35.5. The zero-order chi connectivity index (χ0) is 22.2. The average Bonchev–Trinajstić information content (AvgIpc) is 2.70. The smallest absolute Gasteiger partial charge is 0.232 e. The van der Waals surface area contributed by atoms with Gasteiger partial charge in [0.15, 0.2) is 5.96 Å². The summed E-state index contributed by atoms with van der Waals surface area (Å²) in [6, 6.07) is 9.55. The van der Waals surface area contributed by atoms with Gasteiger partial charge in [0.05, 0.1) is 40.7 Å². The zero-order valence-electron chi connectivity index (χ0n) is 18.0. The number of hydrogen-bond donors (Lipinski definition) is 3. The first-order chi connectivity index (χ1) is 14.8. The van der Waals surface area contributed by atoms with Gasteiger partial charge in [-0.2, -0.15) is 0 Å². The topological polar surface area (TPSA) is 90.3 Å². The van der Waals surface area contributed by atoms with Crippen molar-refractivity contribution < 1.29 is 9.53 Å². The highest BCUT2D eigenvalue weighted by Crippen LogP contribution is 2.39. The predicted octanol–water partition coefficient (Wildman–Crippen LogP) is 4.33. The summed E-state index contributed by atoms with van der Waals surface area (Å²) in [6.07, 6.45) is 3.53. The highest BCUT2D eigenvalue weighted by molar-refractivity contribution is 6.34. The van der Waals surface area contributed by atoms with Crippen molar-refractivity contribution in [1.82, 2.24) is 15.2 Å². The minimum absolute atomic E-state index is 0.0155. The van der Waals surface area contributed by atoms with Crippen LogP contribution in [0.3, 0.4) is 0 Å². The lowest BCUT2D eigenvalue weighted by Gasteiger charge is -2.45. The Bertz CT molecular complexity index is 976. The molecule has 2 aliphatic heterocycles. The molecule has 0 saturated carbocycles. The Labute approximate surface area is 187 Å². The van der Waals surface area contributed by atoms with Gasteiger partial charge < -0.3 is 15.4 Å². The number of halogens is 1. The molecule has 1 aromatic heterocycles. The summed E-state index contributed by atoms with van der Waals surface area (Å²) in [5, 5.41) is 15.7. The normalized spacial score (nSPS) is 26.5. The molecule has 8 heteroatoms. The second-order valence-electron chi connectivity index (χ2n) is 8.59. The molecule has 1 aromatic carbocycles. The van der Waals surface area contributed by atoms with E-state index in [9.17, 15) is 4.79 Å². The average molecular weight is 442 g/mol. The largest absolute Gasteiger partial charge is 0.378 e. The van der Waals surface area contributed by atoms with Gasteiger partial charge >= 0.3 is 0 Å². The van der Waals surface area contributed by atoms with Crippen molar-refractivity contribution in [3.05, 3.63) is 52.8 Å². The summed E-state index contributed by atoms with van der Waals surface area (Å²) in [5.41, 5.74) is 2.49. The van der Waals surface area contributed by atoms with Crippen LogP contribution in [0.4, 0.5) is 11.4 Å². The van der Waals surface area contributed by atoms with Crippen molar-refractivity contribution in [3.8, 4) is 0 Å². The number of ether oxygens (including phenoxy) is 1. The van der Waals surface area contributed by atoms with Gasteiger partial charge in [0.2, 0.25) is 5.91 Å². The number of carbonyl (C=O) groups is 1. The number of amides is 1. The molecule has 0 spiro atoms. The van der Waals surface area contributed by atoms with E-state index in [-0.39, 0.29) is 30.4 Å². The second-order valence-corrected chi connectivity index (χ2v) is 8.96. The van der Waals surface area contributed by atoms with Gasteiger partial charge in [-0.05, 0) is 57.4 Å². The Kier molecular flexibility index (Phi) is 5.90. The highest BCUT2D eigenvalue weighted by Gasteiger charge is 2.43. The lowest BCUT2D eigenvalue weighted by molar-refractivity contribution is -0.134. The summed E-state index contributed by atoms with van der Waals surface area (Å²) in [5.74, 6) is 0.0533. The van der Waals surface area contributed by atoms with Crippen LogP contribution >= 0.6 is 11.6 Å². The molecule has 3 N–H and O–H groups in total. The monoisotopic (exact) mass is 441 g/mol. The van der Waals surface area contributed by atoms with Gasteiger partial charge in [-0.25, -0.2) is 0 Å². The van der Waals surface area contributed by atoms with E-state index in [1.54, 1.807) is 11.1 Å². The maximum atomic E-state index is 13.2. The van der Waals surface area contributed by atoms with E-state index in [4.69, 9.17) is 21.7 Å². The van der Waals surface area contributed by atoms with Crippen molar-refractivity contribution in [2.24, 2.45) is 0 Å². The van der Waals surface area contributed by atoms with E-state index in [2.05, 4.69) is 15.6 Å². The number of nitrogens with zero attached hydrogens (tertiary/aromatic N) is 2. The minimum atomic E-state index is -0.776. The van der Waals surface area contributed by atoms with Crippen molar-refractivity contribution in [1.29, 1.82) is 5.41 Å². The number of rotatable bonds is 4. The molecule has 2 saturated heterocycles. The van der Waals surface area contributed by atoms with Crippen LogP contribution in [0.5, 0.6) is 0 Å². The molecule has 0 radical (unpaired) electrons.